The van der Waals surface area contributed by atoms with E-state index < -0.39 is 0 Å². The lowest BCUT2D eigenvalue weighted by molar-refractivity contribution is 0.102. The van der Waals surface area contributed by atoms with Crippen molar-refractivity contribution >= 4 is 23.1 Å². The van der Waals surface area contributed by atoms with Gasteiger partial charge in [0.05, 0.1) is 0 Å². The lowest BCUT2D eigenvalue weighted by atomic mass is 10.1. The minimum atomic E-state index is -0.138. The summed E-state index contributed by atoms with van der Waals surface area (Å²) < 4.78 is 0. The van der Waals surface area contributed by atoms with Gasteiger partial charge in [-0.1, -0.05) is 30.3 Å². The molecule has 1 saturated heterocycles. The number of hydrogen-bond acceptors (Lipinski definition) is 4. The third-order valence-corrected chi connectivity index (χ3v) is 5.18. The average molecular weight is 386 g/mol. The summed E-state index contributed by atoms with van der Waals surface area (Å²) in [5, 5.41) is 6.24. The molecule has 1 aromatic heterocycles. The van der Waals surface area contributed by atoms with Crippen LogP contribution in [0.25, 0.3) is 0 Å². The summed E-state index contributed by atoms with van der Waals surface area (Å²) in [6.07, 6.45) is 5.48. The number of amides is 1. The number of benzene rings is 2. The van der Waals surface area contributed by atoms with Gasteiger partial charge in [0.2, 0.25) is 0 Å². The molecule has 0 radical (unpaired) electrons. The first-order valence-corrected chi connectivity index (χ1v) is 10.2. The Kier molecular flexibility index (Phi) is 6.05. The average Bonchev–Trinajstić information content (AvgIpc) is 2.80. The molecule has 2 aromatic carbocycles. The van der Waals surface area contributed by atoms with E-state index in [1.165, 1.54) is 24.9 Å². The molecule has 5 heteroatoms. The van der Waals surface area contributed by atoms with E-state index in [0.717, 1.165) is 24.3 Å². The van der Waals surface area contributed by atoms with Crippen molar-refractivity contribution in [2.45, 2.75) is 25.8 Å². The number of aromatic nitrogens is 1. The highest BCUT2D eigenvalue weighted by atomic mass is 16.1. The van der Waals surface area contributed by atoms with Crippen molar-refractivity contribution in [2.75, 3.05) is 28.6 Å². The van der Waals surface area contributed by atoms with Crippen molar-refractivity contribution in [3.63, 3.8) is 0 Å². The topological polar surface area (TPSA) is 57.3 Å². The maximum absolute atomic E-state index is 12.7. The lowest BCUT2D eigenvalue weighted by Gasteiger charge is -2.28. The Morgan fingerprint density at radius 2 is 1.69 bits per heavy atom. The highest BCUT2D eigenvalue weighted by Gasteiger charge is 2.12. The zero-order chi connectivity index (χ0) is 19.9. The summed E-state index contributed by atoms with van der Waals surface area (Å²) in [6, 6.07) is 21.7. The number of piperidine rings is 1. The molecule has 3 aromatic rings. The van der Waals surface area contributed by atoms with E-state index in [2.05, 4.69) is 44.8 Å². The largest absolute Gasteiger partial charge is 0.372 e. The second-order valence-corrected chi connectivity index (χ2v) is 7.32. The molecule has 29 heavy (non-hydrogen) atoms. The summed E-state index contributed by atoms with van der Waals surface area (Å²) in [5.74, 6) is 0.544. The molecule has 0 saturated carbocycles. The quantitative estimate of drug-likeness (QED) is 0.630. The minimum Gasteiger partial charge on any atom is -0.372 e. The van der Waals surface area contributed by atoms with Crippen LogP contribution in [0.3, 0.4) is 0 Å². The van der Waals surface area contributed by atoms with Gasteiger partial charge in [0.25, 0.3) is 5.91 Å². The number of carbonyl (C=O) groups excluding carboxylic acids is 1. The summed E-state index contributed by atoms with van der Waals surface area (Å²) in [6.45, 7) is 2.89. The van der Waals surface area contributed by atoms with Gasteiger partial charge in [0.15, 0.2) is 0 Å². The van der Waals surface area contributed by atoms with Crippen LogP contribution in [0.1, 0.15) is 35.2 Å². The fourth-order valence-electron chi connectivity index (χ4n) is 3.57. The predicted octanol–water partition coefficient (Wildman–Crippen LogP) is 4.94. The van der Waals surface area contributed by atoms with Crippen molar-refractivity contribution in [3.8, 4) is 0 Å². The van der Waals surface area contributed by atoms with Crippen LogP contribution in [0.4, 0.5) is 17.2 Å². The zero-order valence-electron chi connectivity index (χ0n) is 16.5. The summed E-state index contributed by atoms with van der Waals surface area (Å²) in [5.41, 5.74) is 3.76. The molecule has 0 aliphatic carbocycles. The van der Waals surface area contributed by atoms with E-state index in [-0.39, 0.29) is 5.91 Å². The molecule has 1 amide bonds. The molecule has 0 bridgehead atoms. The summed E-state index contributed by atoms with van der Waals surface area (Å²) >= 11 is 0. The van der Waals surface area contributed by atoms with Gasteiger partial charge in [-0.25, -0.2) is 4.98 Å². The van der Waals surface area contributed by atoms with E-state index in [0.29, 0.717) is 17.9 Å². The third-order valence-electron chi connectivity index (χ3n) is 5.18. The molecule has 148 valence electrons. The molecule has 0 unspecified atom stereocenters. The fraction of sp³-hybridized carbons (Fsp3) is 0.250. The second kappa shape index (κ2) is 9.24. The minimum absolute atomic E-state index is 0.138. The van der Waals surface area contributed by atoms with Gasteiger partial charge in [-0.15, -0.1) is 0 Å². The first kappa shape index (κ1) is 19.0. The van der Waals surface area contributed by atoms with Gasteiger partial charge in [0, 0.05) is 42.8 Å². The Bertz CT molecular complexity index is 935. The Morgan fingerprint density at radius 1 is 0.931 bits per heavy atom. The summed E-state index contributed by atoms with van der Waals surface area (Å²) in [7, 11) is 0. The monoisotopic (exact) mass is 386 g/mol. The Hall–Kier alpha value is -3.34. The number of pyridine rings is 1. The van der Waals surface area contributed by atoms with Crippen molar-refractivity contribution in [1.29, 1.82) is 0 Å². The first-order valence-electron chi connectivity index (χ1n) is 10.2. The van der Waals surface area contributed by atoms with Crippen LogP contribution in [0.2, 0.25) is 0 Å². The van der Waals surface area contributed by atoms with E-state index in [4.69, 9.17) is 0 Å². The molecule has 1 aliphatic heterocycles. The van der Waals surface area contributed by atoms with Crippen molar-refractivity contribution in [1.82, 2.24) is 4.98 Å². The number of nitrogens with one attached hydrogen (secondary N) is 2. The standard InChI is InChI=1S/C24H26N4O/c29-24(27-21-9-11-22(12-10-21)28-15-5-2-6-16-28)20-13-14-25-23(17-20)26-18-19-7-3-1-4-8-19/h1,3-4,7-14,17H,2,5-6,15-16,18H2,(H,25,26)(H,27,29). The van der Waals surface area contributed by atoms with Crippen LogP contribution >= 0.6 is 0 Å². The van der Waals surface area contributed by atoms with E-state index >= 15 is 0 Å². The molecular formula is C24H26N4O. The van der Waals surface area contributed by atoms with Gasteiger partial charge >= 0.3 is 0 Å². The van der Waals surface area contributed by atoms with E-state index in [1.54, 1.807) is 18.3 Å². The van der Waals surface area contributed by atoms with Gasteiger partial charge in [0.1, 0.15) is 5.82 Å². The molecule has 0 spiro atoms. The van der Waals surface area contributed by atoms with Crippen LogP contribution in [-0.4, -0.2) is 24.0 Å². The lowest BCUT2D eigenvalue weighted by Crippen LogP contribution is -2.29. The van der Waals surface area contributed by atoms with Gasteiger partial charge in [-0.3, -0.25) is 4.79 Å². The van der Waals surface area contributed by atoms with Gasteiger partial charge < -0.3 is 15.5 Å². The number of hydrogen-bond donors (Lipinski definition) is 2. The Labute approximate surface area is 171 Å². The van der Waals surface area contributed by atoms with Crippen LogP contribution in [-0.2, 0) is 6.54 Å². The summed E-state index contributed by atoms with van der Waals surface area (Å²) in [4.78, 5) is 19.4. The van der Waals surface area contributed by atoms with Gasteiger partial charge in [-0.05, 0) is 61.2 Å². The first-order chi connectivity index (χ1) is 14.3. The van der Waals surface area contributed by atoms with E-state index in [1.807, 2.05) is 30.3 Å². The highest BCUT2D eigenvalue weighted by Crippen LogP contribution is 2.22. The fourth-order valence-corrected chi connectivity index (χ4v) is 3.57. The number of anilines is 3. The van der Waals surface area contributed by atoms with Crippen LogP contribution in [0.5, 0.6) is 0 Å². The smallest absolute Gasteiger partial charge is 0.255 e. The van der Waals surface area contributed by atoms with Crippen molar-refractivity contribution in [3.05, 3.63) is 84.1 Å². The predicted molar refractivity (Wildman–Crippen MR) is 118 cm³/mol. The molecule has 5 nitrogen and oxygen atoms in total. The van der Waals surface area contributed by atoms with Gasteiger partial charge in [-0.2, -0.15) is 0 Å². The molecule has 1 aliphatic rings. The molecule has 4 rings (SSSR count). The third kappa shape index (κ3) is 5.13. The number of carbonyl (C=O) groups is 1. The Morgan fingerprint density at radius 3 is 2.45 bits per heavy atom. The maximum atomic E-state index is 12.7. The normalized spacial score (nSPS) is 13.7. The molecular weight excluding hydrogens is 360 g/mol. The van der Waals surface area contributed by atoms with Crippen molar-refractivity contribution in [2.24, 2.45) is 0 Å². The highest BCUT2D eigenvalue weighted by molar-refractivity contribution is 6.04. The Balaban J connectivity index is 1.36. The molecule has 2 N–H and O–H groups in total. The zero-order valence-corrected chi connectivity index (χ0v) is 16.5. The molecule has 0 atom stereocenters. The van der Waals surface area contributed by atoms with Crippen LogP contribution in [0.15, 0.2) is 72.9 Å². The number of rotatable bonds is 6. The molecule has 2 heterocycles. The van der Waals surface area contributed by atoms with Crippen LogP contribution < -0.4 is 15.5 Å². The SMILES string of the molecule is O=C(Nc1ccc(N2CCCCC2)cc1)c1ccnc(NCc2ccccc2)c1. The molecule has 1 fully saturated rings. The van der Waals surface area contributed by atoms with Crippen LogP contribution in [0, 0.1) is 0 Å². The second-order valence-electron chi connectivity index (χ2n) is 7.32. The van der Waals surface area contributed by atoms with E-state index in [9.17, 15) is 4.79 Å². The van der Waals surface area contributed by atoms with Crippen molar-refractivity contribution < 1.29 is 4.79 Å². The number of nitrogens with zero attached hydrogens (tertiary/aromatic N) is 2. The maximum Gasteiger partial charge on any atom is 0.255 e.